The molecule has 25 heavy (non-hydrogen) atoms. The van der Waals surface area contributed by atoms with Crippen LogP contribution < -0.4 is 0 Å². The second-order valence-electron chi connectivity index (χ2n) is 6.38. The fourth-order valence-electron chi connectivity index (χ4n) is 3.62. The van der Waals surface area contributed by atoms with Gasteiger partial charge < -0.3 is 9.67 Å². The van der Waals surface area contributed by atoms with Crippen molar-refractivity contribution in [2.75, 3.05) is 0 Å². The second-order valence-corrected chi connectivity index (χ2v) is 7.29. The van der Waals surface area contributed by atoms with E-state index < -0.39 is 5.97 Å². The largest absolute Gasteiger partial charge is 0.478 e. The third-order valence-corrected chi connectivity index (χ3v) is 5.29. The summed E-state index contributed by atoms with van der Waals surface area (Å²) in [6, 6.07) is 9.98. The Morgan fingerprint density at radius 3 is 2.68 bits per heavy atom. The summed E-state index contributed by atoms with van der Waals surface area (Å²) in [6.07, 6.45) is 4.32. The van der Waals surface area contributed by atoms with E-state index in [1.54, 1.807) is 30.3 Å². The quantitative estimate of drug-likeness (QED) is 0.636. The number of hydrogen-bond donors (Lipinski definition) is 1. The molecule has 1 fully saturated rings. The SMILES string of the molecule is O=C(O)c1ccc2c(c1)nc(-c1cc(Br)ccc1F)n2C1CCCC1. The smallest absolute Gasteiger partial charge is 0.335 e. The van der Waals surface area contributed by atoms with E-state index in [1.165, 1.54) is 6.07 Å². The fourth-order valence-corrected chi connectivity index (χ4v) is 3.98. The molecule has 0 saturated heterocycles. The maximum atomic E-state index is 14.5. The summed E-state index contributed by atoms with van der Waals surface area (Å²) < 4.78 is 17.4. The number of nitrogens with zero attached hydrogens (tertiary/aromatic N) is 2. The lowest BCUT2D eigenvalue weighted by Crippen LogP contribution is -2.07. The number of carboxylic acid groups (broad SMARTS) is 1. The highest BCUT2D eigenvalue weighted by Gasteiger charge is 2.25. The zero-order valence-electron chi connectivity index (χ0n) is 13.4. The normalized spacial score (nSPS) is 15.1. The summed E-state index contributed by atoms with van der Waals surface area (Å²) in [5, 5.41) is 9.23. The van der Waals surface area contributed by atoms with Crippen LogP contribution in [-0.2, 0) is 0 Å². The van der Waals surface area contributed by atoms with Gasteiger partial charge in [0.05, 0.1) is 22.2 Å². The van der Waals surface area contributed by atoms with E-state index in [4.69, 9.17) is 0 Å². The lowest BCUT2D eigenvalue weighted by atomic mass is 10.1. The number of fused-ring (bicyclic) bond motifs is 1. The molecular weight excluding hydrogens is 387 g/mol. The Morgan fingerprint density at radius 2 is 1.96 bits per heavy atom. The summed E-state index contributed by atoms with van der Waals surface area (Å²) >= 11 is 3.39. The van der Waals surface area contributed by atoms with Crippen LogP contribution in [-0.4, -0.2) is 20.6 Å². The molecule has 3 aromatic rings. The molecule has 1 aromatic heterocycles. The van der Waals surface area contributed by atoms with Crippen molar-refractivity contribution in [3.8, 4) is 11.4 Å². The molecule has 6 heteroatoms. The molecule has 0 spiro atoms. The minimum atomic E-state index is -0.993. The van der Waals surface area contributed by atoms with Crippen molar-refractivity contribution in [2.24, 2.45) is 0 Å². The molecule has 4 rings (SSSR count). The lowest BCUT2D eigenvalue weighted by molar-refractivity contribution is 0.0697. The number of hydrogen-bond acceptors (Lipinski definition) is 2. The molecule has 1 N–H and O–H groups in total. The summed E-state index contributed by atoms with van der Waals surface area (Å²) in [4.78, 5) is 15.9. The first-order chi connectivity index (χ1) is 12.0. The van der Waals surface area contributed by atoms with E-state index in [-0.39, 0.29) is 17.4 Å². The molecule has 0 radical (unpaired) electrons. The van der Waals surface area contributed by atoms with Crippen LogP contribution >= 0.6 is 15.9 Å². The number of aromatic carboxylic acids is 1. The van der Waals surface area contributed by atoms with Crippen molar-refractivity contribution in [1.29, 1.82) is 0 Å². The van der Waals surface area contributed by atoms with Crippen molar-refractivity contribution < 1.29 is 14.3 Å². The van der Waals surface area contributed by atoms with Crippen LogP contribution in [0.3, 0.4) is 0 Å². The summed E-state index contributed by atoms with van der Waals surface area (Å²) in [6.45, 7) is 0. The van der Waals surface area contributed by atoms with Crippen molar-refractivity contribution in [3.63, 3.8) is 0 Å². The molecule has 0 bridgehead atoms. The van der Waals surface area contributed by atoms with Gasteiger partial charge in [0, 0.05) is 10.5 Å². The highest BCUT2D eigenvalue weighted by atomic mass is 79.9. The van der Waals surface area contributed by atoms with E-state index in [2.05, 4.69) is 25.5 Å². The Bertz CT molecular complexity index is 977. The number of imidazole rings is 1. The second kappa shape index (κ2) is 6.26. The van der Waals surface area contributed by atoms with Gasteiger partial charge in [0.25, 0.3) is 0 Å². The highest BCUT2D eigenvalue weighted by Crippen LogP contribution is 2.38. The van der Waals surface area contributed by atoms with Gasteiger partial charge in [-0.05, 0) is 49.2 Å². The van der Waals surface area contributed by atoms with Gasteiger partial charge >= 0.3 is 5.97 Å². The zero-order valence-corrected chi connectivity index (χ0v) is 15.0. The van der Waals surface area contributed by atoms with Gasteiger partial charge in [0.1, 0.15) is 11.6 Å². The Morgan fingerprint density at radius 1 is 1.20 bits per heavy atom. The van der Waals surface area contributed by atoms with E-state index in [0.29, 0.717) is 16.9 Å². The van der Waals surface area contributed by atoms with E-state index >= 15 is 0 Å². The molecule has 128 valence electrons. The molecule has 0 amide bonds. The average Bonchev–Trinajstić information content (AvgIpc) is 3.22. The molecule has 1 aliphatic carbocycles. The van der Waals surface area contributed by atoms with E-state index in [1.807, 2.05) is 0 Å². The van der Waals surface area contributed by atoms with Crippen LogP contribution in [0.2, 0.25) is 0 Å². The molecule has 4 nitrogen and oxygen atoms in total. The van der Waals surface area contributed by atoms with Gasteiger partial charge in [-0.3, -0.25) is 0 Å². The minimum Gasteiger partial charge on any atom is -0.478 e. The van der Waals surface area contributed by atoms with Crippen LogP contribution in [0.1, 0.15) is 42.1 Å². The number of carboxylic acids is 1. The third kappa shape index (κ3) is 2.84. The maximum Gasteiger partial charge on any atom is 0.335 e. The summed E-state index contributed by atoms with van der Waals surface area (Å²) in [7, 11) is 0. The Hall–Kier alpha value is -2.21. The average molecular weight is 403 g/mol. The van der Waals surface area contributed by atoms with Crippen molar-refractivity contribution in [2.45, 2.75) is 31.7 Å². The number of aromatic nitrogens is 2. The number of halogens is 2. The number of rotatable bonds is 3. The first kappa shape index (κ1) is 16.3. The summed E-state index contributed by atoms with van der Waals surface area (Å²) in [5.74, 6) is -0.771. The van der Waals surface area contributed by atoms with Crippen LogP contribution in [0, 0.1) is 5.82 Å². The molecule has 1 heterocycles. The number of benzene rings is 2. The van der Waals surface area contributed by atoms with Crippen molar-refractivity contribution in [3.05, 3.63) is 52.3 Å². The molecule has 1 aliphatic rings. The standard InChI is InChI=1S/C19H16BrFN2O2/c20-12-6-7-15(21)14(10-12)18-22-16-9-11(19(24)25)5-8-17(16)23(18)13-3-1-2-4-13/h5-10,13H,1-4H2,(H,24,25). The van der Waals surface area contributed by atoms with Crippen LogP contribution in [0.4, 0.5) is 4.39 Å². The topological polar surface area (TPSA) is 55.1 Å². The first-order valence-electron chi connectivity index (χ1n) is 8.25. The number of carbonyl (C=O) groups is 1. The molecule has 0 aliphatic heterocycles. The Kier molecular flexibility index (Phi) is 4.07. The van der Waals surface area contributed by atoms with Gasteiger partial charge in [0.15, 0.2) is 0 Å². The molecule has 2 aromatic carbocycles. The monoisotopic (exact) mass is 402 g/mol. The van der Waals surface area contributed by atoms with E-state index in [0.717, 1.165) is 35.7 Å². The molecule has 0 unspecified atom stereocenters. The Balaban J connectivity index is 1.99. The predicted molar refractivity (Wildman–Crippen MR) is 97.3 cm³/mol. The van der Waals surface area contributed by atoms with Gasteiger partial charge in [-0.2, -0.15) is 0 Å². The van der Waals surface area contributed by atoms with Crippen LogP contribution in [0.15, 0.2) is 40.9 Å². The minimum absolute atomic E-state index is 0.185. The van der Waals surface area contributed by atoms with Gasteiger partial charge in [-0.15, -0.1) is 0 Å². The Labute approximate surface area is 152 Å². The predicted octanol–water partition coefficient (Wildman–Crippen LogP) is 5.42. The van der Waals surface area contributed by atoms with E-state index in [9.17, 15) is 14.3 Å². The van der Waals surface area contributed by atoms with Crippen molar-refractivity contribution in [1.82, 2.24) is 9.55 Å². The lowest BCUT2D eigenvalue weighted by Gasteiger charge is -2.17. The van der Waals surface area contributed by atoms with Crippen LogP contribution in [0.5, 0.6) is 0 Å². The van der Waals surface area contributed by atoms with Gasteiger partial charge in [-0.1, -0.05) is 28.8 Å². The van der Waals surface area contributed by atoms with Crippen molar-refractivity contribution >= 4 is 32.9 Å². The summed E-state index contributed by atoms with van der Waals surface area (Å²) in [5.41, 5.74) is 2.05. The first-order valence-corrected chi connectivity index (χ1v) is 9.04. The van der Waals surface area contributed by atoms with Gasteiger partial charge in [0.2, 0.25) is 0 Å². The highest BCUT2D eigenvalue weighted by molar-refractivity contribution is 9.10. The molecule has 0 atom stereocenters. The third-order valence-electron chi connectivity index (χ3n) is 4.80. The van der Waals surface area contributed by atoms with Crippen LogP contribution in [0.25, 0.3) is 22.4 Å². The molecule has 1 saturated carbocycles. The zero-order chi connectivity index (χ0) is 17.6. The molecular formula is C19H16BrFN2O2. The fraction of sp³-hybridized carbons (Fsp3) is 0.263. The van der Waals surface area contributed by atoms with Gasteiger partial charge in [-0.25, -0.2) is 14.2 Å². The maximum absolute atomic E-state index is 14.5.